The van der Waals surface area contributed by atoms with Crippen LogP contribution in [0.25, 0.3) is 0 Å². The maximum atomic E-state index is 12.7. The number of ether oxygens (including phenoxy) is 1. The number of rotatable bonds is 4. The van der Waals surface area contributed by atoms with E-state index in [1.54, 1.807) is 14.0 Å². The van der Waals surface area contributed by atoms with Crippen LogP contribution in [-0.2, 0) is 0 Å². The molecule has 0 spiro atoms. The van der Waals surface area contributed by atoms with Crippen molar-refractivity contribution in [3.63, 3.8) is 0 Å². The molecule has 1 N–H and O–H groups in total. The predicted molar refractivity (Wildman–Crippen MR) is 82.6 cm³/mol. The Morgan fingerprint density at radius 2 is 2.05 bits per heavy atom. The van der Waals surface area contributed by atoms with Gasteiger partial charge >= 0.3 is 0 Å². The molecule has 0 saturated carbocycles. The van der Waals surface area contributed by atoms with Gasteiger partial charge in [0, 0.05) is 18.2 Å². The van der Waals surface area contributed by atoms with Crippen LogP contribution in [0.4, 0.5) is 0 Å². The van der Waals surface area contributed by atoms with Crippen molar-refractivity contribution in [2.75, 3.05) is 13.7 Å². The lowest BCUT2D eigenvalue weighted by Crippen LogP contribution is -2.41. The van der Waals surface area contributed by atoms with Crippen molar-refractivity contribution in [1.29, 1.82) is 0 Å². The summed E-state index contributed by atoms with van der Waals surface area (Å²) in [4.78, 5) is 14.7. The molecule has 1 amide bonds. The summed E-state index contributed by atoms with van der Waals surface area (Å²) in [6.45, 7) is 2.57. The van der Waals surface area contributed by atoms with Gasteiger partial charge in [0.05, 0.1) is 13.2 Å². The second-order valence-corrected chi connectivity index (χ2v) is 5.81. The number of aliphatic hydroxyl groups excluding tert-OH is 1. The average molecular weight is 291 g/mol. The standard InChI is InChI=1S/C17H25NO3/c1-13(19)12-15-6-4-3-5-11-18(15)17(20)14-7-9-16(21-2)10-8-14/h7-10,13,15,19H,3-6,11-12H2,1-2H3. The fraction of sp³-hybridized carbons (Fsp3) is 0.588. The Hall–Kier alpha value is -1.55. The van der Waals surface area contributed by atoms with E-state index in [1.807, 2.05) is 29.2 Å². The van der Waals surface area contributed by atoms with Crippen LogP contribution in [0.5, 0.6) is 5.75 Å². The number of aliphatic hydroxyl groups is 1. The Labute approximate surface area is 126 Å². The van der Waals surface area contributed by atoms with Crippen molar-refractivity contribution in [1.82, 2.24) is 4.90 Å². The summed E-state index contributed by atoms with van der Waals surface area (Å²) in [7, 11) is 1.62. The summed E-state index contributed by atoms with van der Waals surface area (Å²) < 4.78 is 5.13. The Kier molecular flexibility index (Phi) is 5.62. The van der Waals surface area contributed by atoms with Gasteiger partial charge in [-0.25, -0.2) is 0 Å². The van der Waals surface area contributed by atoms with Gasteiger partial charge in [0.2, 0.25) is 0 Å². The lowest BCUT2D eigenvalue weighted by atomic mass is 10.0. The fourth-order valence-electron chi connectivity index (χ4n) is 2.98. The van der Waals surface area contributed by atoms with E-state index in [4.69, 9.17) is 4.74 Å². The second kappa shape index (κ2) is 7.46. The molecule has 1 aromatic rings. The highest BCUT2D eigenvalue weighted by atomic mass is 16.5. The molecule has 0 radical (unpaired) electrons. The lowest BCUT2D eigenvalue weighted by Gasteiger charge is -2.31. The van der Waals surface area contributed by atoms with E-state index in [0.29, 0.717) is 12.0 Å². The number of carbonyl (C=O) groups is 1. The predicted octanol–water partition coefficient (Wildman–Crippen LogP) is 2.85. The SMILES string of the molecule is COc1ccc(C(=O)N2CCCCCC2CC(C)O)cc1. The summed E-state index contributed by atoms with van der Waals surface area (Å²) in [5.74, 6) is 0.813. The number of methoxy groups -OCH3 is 1. The molecule has 2 rings (SSSR count). The second-order valence-electron chi connectivity index (χ2n) is 5.81. The van der Waals surface area contributed by atoms with Crippen molar-refractivity contribution in [3.05, 3.63) is 29.8 Å². The van der Waals surface area contributed by atoms with Gasteiger partial charge in [-0.15, -0.1) is 0 Å². The first-order valence-electron chi connectivity index (χ1n) is 7.75. The first-order chi connectivity index (χ1) is 10.1. The summed E-state index contributed by atoms with van der Waals surface area (Å²) in [5.41, 5.74) is 0.688. The molecule has 1 aliphatic rings. The third-order valence-corrected chi connectivity index (χ3v) is 4.09. The first kappa shape index (κ1) is 15.8. The zero-order valence-corrected chi connectivity index (χ0v) is 12.9. The lowest BCUT2D eigenvalue weighted by molar-refractivity contribution is 0.0607. The van der Waals surface area contributed by atoms with E-state index < -0.39 is 0 Å². The van der Waals surface area contributed by atoms with Gasteiger partial charge in [0.1, 0.15) is 5.75 Å². The molecule has 116 valence electrons. The largest absolute Gasteiger partial charge is 0.497 e. The van der Waals surface area contributed by atoms with Gasteiger partial charge in [-0.2, -0.15) is 0 Å². The van der Waals surface area contributed by atoms with Crippen molar-refractivity contribution in [2.24, 2.45) is 0 Å². The van der Waals surface area contributed by atoms with Crippen LogP contribution in [0.2, 0.25) is 0 Å². The topological polar surface area (TPSA) is 49.8 Å². The fourth-order valence-corrected chi connectivity index (χ4v) is 2.98. The first-order valence-corrected chi connectivity index (χ1v) is 7.75. The molecule has 1 aromatic carbocycles. The molecule has 1 fully saturated rings. The number of benzene rings is 1. The molecule has 0 bridgehead atoms. The Morgan fingerprint density at radius 1 is 1.33 bits per heavy atom. The molecule has 4 heteroatoms. The van der Waals surface area contributed by atoms with Crippen LogP contribution in [0.15, 0.2) is 24.3 Å². The minimum Gasteiger partial charge on any atom is -0.497 e. The number of hydrogen-bond acceptors (Lipinski definition) is 3. The quantitative estimate of drug-likeness (QED) is 0.928. The third-order valence-electron chi connectivity index (χ3n) is 4.09. The van der Waals surface area contributed by atoms with Crippen molar-refractivity contribution in [2.45, 2.75) is 51.2 Å². The van der Waals surface area contributed by atoms with Crippen LogP contribution in [0.3, 0.4) is 0 Å². The highest BCUT2D eigenvalue weighted by Crippen LogP contribution is 2.23. The molecular weight excluding hydrogens is 266 g/mol. The number of hydrogen-bond donors (Lipinski definition) is 1. The highest BCUT2D eigenvalue weighted by molar-refractivity contribution is 5.94. The van der Waals surface area contributed by atoms with Crippen LogP contribution in [-0.4, -0.2) is 41.7 Å². The normalized spacial score (nSPS) is 20.7. The van der Waals surface area contributed by atoms with Crippen LogP contribution in [0.1, 0.15) is 49.4 Å². The van der Waals surface area contributed by atoms with Gasteiger partial charge in [-0.1, -0.05) is 12.8 Å². The van der Waals surface area contributed by atoms with E-state index in [0.717, 1.165) is 38.0 Å². The van der Waals surface area contributed by atoms with Crippen molar-refractivity contribution >= 4 is 5.91 Å². The van der Waals surface area contributed by atoms with E-state index in [9.17, 15) is 9.90 Å². The maximum absolute atomic E-state index is 12.7. The zero-order valence-electron chi connectivity index (χ0n) is 12.9. The minimum absolute atomic E-state index is 0.0604. The highest BCUT2D eigenvalue weighted by Gasteiger charge is 2.27. The average Bonchev–Trinajstić information content (AvgIpc) is 2.71. The summed E-state index contributed by atoms with van der Waals surface area (Å²) in [6, 6.07) is 7.39. The van der Waals surface area contributed by atoms with Crippen molar-refractivity contribution in [3.8, 4) is 5.75 Å². The monoisotopic (exact) mass is 291 g/mol. The maximum Gasteiger partial charge on any atom is 0.254 e. The Morgan fingerprint density at radius 3 is 2.67 bits per heavy atom. The molecule has 2 unspecified atom stereocenters. The summed E-state index contributed by atoms with van der Waals surface area (Å²) in [5, 5.41) is 9.68. The molecular formula is C17H25NO3. The molecule has 4 nitrogen and oxygen atoms in total. The van der Waals surface area contributed by atoms with Crippen LogP contribution in [0, 0.1) is 0 Å². The molecule has 0 aliphatic carbocycles. The van der Waals surface area contributed by atoms with E-state index in [-0.39, 0.29) is 18.1 Å². The minimum atomic E-state index is -0.376. The van der Waals surface area contributed by atoms with Crippen LogP contribution < -0.4 is 4.74 Å². The van der Waals surface area contributed by atoms with Crippen LogP contribution >= 0.6 is 0 Å². The number of nitrogens with zero attached hydrogens (tertiary/aromatic N) is 1. The zero-order chi connectivity index (χ0) is 15.2. The number of amides is 1. The Bertz CT molecular complexity index is 456. The van der Waals surface area contributed by atoms with Crippen molar-refractivity contribution < 1.29 is 14.6 Å². The molecule has 1 aliphatic heterocycles. The van der Waals surface area contributed by atoms with Gasteiger partial charge < -0.3 is 14.7 Å². The number of likely N-dealkylation sites (tertiary alicyclic amines) is 1. The summed E-state index contributed by atoms with van der Waals surface area (Å²) in [6.07, 6.45) is 4.58. The summed E-state index contributed by atoms with van der Waals surface area (Å²) >= 11 is 0. The molecule has 1 saturated heterocycles. The Balaban J connectivity index is 2.15. The molecule has 21 heavy (non-hydrogen) atoms. The van der Waals surface area contributed by atoms with E-state index in [1.165, 1.54) is 0 Å². The third kappa shape index (κ3) is 4.21. The van der Waals surface area contributed by atoms with E-state index in [2.05, 4.69) is 0 Å². The van der Waals surface area contributed by atoms with Gasteiger partial charge in [-0.3, -0.25) is 4.79 Å². The van der Waals surface area contributed by atoms with E-state index >= 15 is 0 Å². The van der Waals surface area contributed by atoms with Gasteiger partial charge in [-0.05, 0) is 50.5 Å². The molecule has 1 heterocycles. The van der Waals surface area contributed by atoms with Gasteiger partial charge in [0.25, 0.3) is 5.91 Å². The molecule has 2 atom stereocenters. The number of carbonyl (C=O) groups excluding carboxylic acids is 1. The molecule has 0 aromatic heterocycles. The van der Waals surface area contributed by atoms with Gasteiger partial charge in [0.15, 0.2) is 0 Å². The smallest absolute Gasteiger partial charge is 0.254 e.